The van der Waals surface area contributed by atoms with Crippen LogP contribution in [0.1, 0.15) is 0 Å². The maximum Gasteiger partial charge on any atom is 0.204 e. The molecule has 0 radical (unpaired) electrons. The molecule has 0 N–H and O–H groups in total. The van der Waals surface area contributed by atoms with E-state index in [4.69, 9.17) is 0 Å². The predicted molar refractivity (Wildman–Crippen MR) is 25.7 cm³/mol. The van der Waals surface area contributed by atoms with Crippen LogP contribution in [0.25, 0.3) is 0 Å². The van der Waals surface area contributed by atoms with Gasteiger partial charge in [-0.25, -0.2) is 4.99 Å². The van der Waals surface area contributed by atoms with Crippen LogP contribution < -0.4 is 0 Å². The second-order valence-corrected chi connectivity index (χ2v) is 1.20. The second-order valence-electron chi connectivity index (χ2n) is 0.646. The molecule has 4 heteroatoms. The lowest BCUT2D eigenvalue weighted by Crippen LogP contribution is -1.78. The molecule has 0 aromatic heterocycles. The minimum Gasteiger partial charge on any atom is -0.392 e. The molecule has 3 nitrogen and oxygen atoms in total. The van der Waals surface area contributed by atoms with E-state index in [0.29, 0.717) is 0 Å². The Morgan fingerprint density at radius 1 is 1.67 bits per heavy atom. The summed E-state index contributed by atoms with van der Waals surface area (Å²) in [5.74, 6) is 0. The molecule has 0 fully saturated rings. The van der Waals surface area contributed by atoms with Gasteiger partial charge < -0.3 is 4.18 Å². The zero-order valence-electron chi connectivity index (χ0n) is 2.87. The minimum atomic E-state index is 1.02. The van der Waals surface area contributed by atoms with Gasteiger partial charge in [-0.15, -0.1) is 0 Å². The van der Waals surface area contributed by atoms with Gasteiger partial charge in [-0.05, 0) is 0 Å². The Morgan fingerprint density at radius 2 is 2.67 bits per heavy atom. The molecule has 1 aliphatic rings. The van der Waals surface area contributed by atoms with E-state index in [1.54, 1.807) is 0 Å². The highest BCUT2D eigenvalue weighted by Gasteiger charge is 1.80. The summed E-state index contributed by atoms with van der Waals surface area (Å²) >= 11 is 1.02. The first kappa shape index (κ1) is 3.67. The Bertz CT molecular complexity index is 77.5. The van der Waals surface area contributed by atoms with E-state index in [2.05, 4.69) is 13.6 Å². The molecule has 0 saturated heterocycles. The van der Waals surface area contributed by atoms with Crippen LogP contribution >= 0.6 is 12.2 Å². The molecule has 0 aromatic carbocycles. The van der Waals surface area contributed by atoms with Crippen molar-refractivity contribution in [1.29, 1.82) is 0 Å². The van der Waals surface area contributed by atoms with Crippen LogP contribution in [0.2, 0.25) is 0 Å². The molecule has 32 valence electrons. The molecule has 1 rings (SSSR count). The number of aliphatic imine (C=N–C) groups is 1. The molecule has 0 saturated carbocycles. The maximum atomic E-state index is 4.50. The quantitative estimate of drug-likeness (QED) is 0.332. The first-order valence-electron chi connectivity index (χ1n) is 1.36. The van der Waals surface area contributed by atoms with Gasteiger partial charge in [-0.1, -0.05) is 0 Å². The molecule has 0 aromatic rings. The van der Waals surface area contributed by atoms with Crippen molar-refractivity contribution in [3.8, 4) is 0 Å². The average molecular weight is 102 g/mol. The van der Waals surface area contributed by atoms with Crippen LogP contribution in [0.3, 0.4) is 0 Å². The summed E-state index contributed by atoms with van der Waals surface area (Å²) in [7, 11) is 0. The lowest BCUT2D eigenvalue weighted by molar-refractivity contribution is 0.673. The summed E-state index contributed by atoms with van der Waals surface area (Å²) in [5, 5.41) is 0. The first-order valence-corrected chi connectivity index (χ1v) is 2.06. The van der Waals surface area contributed by atoms with Gasteiger partial charge >= 0.3 is 0 Å². The molecular formula is C2H2N2OS. The van der Waals surface area contributed by atoms with Gasteiger partial charge in [0, 0.05) is 0 Å². The lowest BCUT2D eigenvalue weighted by Gasteiger charge is -1.89. The number of rotatable bonds is 0. The van der Waals surface area contributed by atoms with Crippen LogP contribution in [0, 0.1) is 0 Å². The van der Waals surface area contributed by atoms with Gasteiger partial charge in [0.25, 0.3) is 0 Å². The minimum absolute atomic E-state index is 1.02. The van der Waals surface area contributed by atoms with Crippen LogP contribution in [0.15, 0.2) is 9.39 Å². The molecule has 1 heterocycles. The summed E-state index contributed by atoms with van der Waals surface area (Å²) in [6.45, 7) is 0. The standard InChI is InChI=1S/C2H2N2OS/c1-3-2-5-6-4-1/h1-2H. The lowest BCUT2D eigenvalue weighted by atomic mass is 11.3. The zero-order chi connectivity index (χ0) is 4.24. The van der Waals surface area contributed by atoms with Gasteiger partial charge in [-0.3, -0.25) is 0 Å². The maximum absolute atomic E-state index is 4.50. The van der Waals surface area contributed by atoms with Gasteiger partial charge in [0.05, 0.1) is 0 Å². The van der Waals surface area contributed by atoms with Crippen molar-refractivity contribution in [3.05, 3.63) is 0 Å². The normalized spacial score (nSPS) is 17.3. The molecule has 0 bridgehead atoms. The highest BCUT2D eigenvalue weighted by Crippen LogP contribution is 2.02. The van der Waals surface area contributed by atoms with Gasteiger partial charge in [0.2, 0.25) is 12.2 Å². The Labute approximate surface area is 39.5 Å². The Hall–Kier alpha value is -0.510. The summed E-state index contributed by atoms with van der Waals surface area (Å²) in [4.78, 5) is 3.52. The van der Waals surface area contributed by atoms with Gasteiger partial charge in [-0.2, -0.15) is 4.40 Å². The number of nitrogens with zero attached hydrogens (tertiary/aromatic N) is 2. The fourth-order valence-electron chi connectivity index (χ4n) is 0.143. The molecule has 0 aliphatic carbocycles. The summed E-state index contributed by atoms with van der Waals surface area (Å²) in [6.07, 6.45) is 2.76. The van der Waals surface area contributed by atoms with Crippen molar-refractivity contribution < 1.29 is 4.18 Å². The van der Waals surface area contributed by atoms with Crippen molar-refractivity contribution in [2.75, 3.05) is 0 Å². The van der Waals surface area contributed by atoms with E-state index in [1.165, 1.54) is 12.7 Å². The highest BCUT2D eigenvalue weighted by atomic mass is 32.2. The number of hydrogen-bond donors (Lipinski definition) is 0. The van der Waals surface area contributed by atoms with Crippen LogP contribution in [0.4, 0.5) is 0 Å². The monoisotopic (exact) mass is 102 g/mol. The molecule has 0 unspecified atom stereocenters. The fourth-order valence-corrected chi connectivity index (χ4v) is 0.373. The van der Waals surface area contributed by atoms with Gasteiger partial charge in [0.1, 0.15) is 6.34 Å². The Kier molecular flexibility index (Phi) is 1.11. The smallest absolute Gasteiger partial charge is 0.204 e. The molecule has 1 aliphatic heterocycles. The third kappa shape index (κ3) is 0.718. The Balaban J connectivity index is 2.46. The van der Waals surface area contributed by atoms with E-state index in [-0.39, 0.29) is 0 Å². The van der Waals surface area contributed by atoms with E-state index in [9.17, 15) is 0 Å². The van der Waals surface area contributed by atoms with E-state index >= 15 is 0 Å². The first-order chi connectivity index (χ1) is 3.00. The SMILES string of the molecule is C1=NC=NSO1. The molecule has 0 atom stereocenters. The summed E-state index contributed by atoms with van der Waals surface area (Å²) in [6, 6.07) is 0. The van der Waals surface area contributed by atoms with Crippen molar-refractivity contribution in [2.24, 2.45) is 9.39 Å². The Morgan fingerprint density at radius 3 is 2.83 bits per heavy atom. The molecule has 0 spiro atoms. The van der Waals surface area contributed by atoms with E-state index < -0.39 is 0 Å². The third-order valence-corrected chi connectivity index (χ3v) is 0.656. The van der Waals surface area contributed by atoms with Crippen LogP contribution in [-0.2, 0) is 4.18 Å². The van der Waals surface area contributed by atoms with Crippen LogP contribution in [0.5, 0.6) is 0 Å². The average Bonchev–Trinajstić information content (AvgIpc) is 1.72. The van der Waals surface area contributed by atoms with Crippen molar-refractivity contribution in [1.82, 2.24) is 0 Å². The van der Waals surface area contributed by atoms with E-state index in [1.807, 2.05) is 0 Å². The predicted octanol–water partition coefficient (Wildman–Crippen LogP) is 0.636. The van der Waals surface area contributed by atoms with Crippen molar-refractivity contribution in [3.63, 3.8) is 0 Å². The summed E-state index contributed by atoms with van der Waals surface area (Å²) in [5.41, 5.74) is 0. The fraction of sp³-hybridized carbons (Fsp3) is 0. The van der Waals surface area contributed by atoms with Gasteiger partial charge in [0.15, 0.2) is 6.40 Å². The van der Waals surface area contributed by atoms with Crippen molar-refractivity contribution >= 4 is 25.0 Å². The molecule has 6 heavy (non-hydrogen) atoms. The topological polar surface area (TPSA) is 34.0 Å². The van der Waals surface area contributed by atoms with Crippen molar-refractivity contribution in [2.45, 2.75) is 0 Å². The van der Waals surface area contributed by atoms with E-state index in [0.717, 1.165) is 12.2 Å². The largest absolute Gasteiger partial charge is 0.392 e. The summed E-state index contributed by atoms with van der Waals surface area (Å²) < 4.78 is 8.05. The third-order valence-electron chi connectivity index (χ3n) is 0.304. The molecule has 0 amide bonds. The number of hydrogen-bond acceptors (Lipinski definition) is 4. The second kappa shape index (κ2) is 1.81. The highest BCUT2D eigenvalue weighted by molar-refractivity contribution is 7.93. The zero-order valence-corrected chi connectivity index (χ0v) is 3.68. The molecular weight excluding hydrogens is 100 g/mol. The van der Waals surface area contributed by atoms with Crippen LogP contribution in [-0.4, -0.2) is 12.7 Å².